The molecule has 0 saturated heterocycles. The van der Waals surface area contributed by atoms with Gasteiger partial charge in [-0.3, -0.25) is 4.79 Å². The lowest BCUT2D eigenvalue weighted by Gasteiger charge is -2.08. The normalized spacial score (nSPS) is 10.9. The van der Waals surface area contributed by atoms with Crippen molar-refractivity contribution in [2.45, 2.75) is 19.9 Å². The van der Waals surface area contributed by atoms with Crippen LogP contribution in [0.4, 0.5) is 0 Å². The molecule has 0 radical (unpaired) electrons. The van der Waals surface area contributed by atoms with E-state index in [0.717, 1.165) is 5.52 Å². The Hall–Kier alpha value is -1.84. The summed E-state index contributed by atoms with van der Waals surface area (Å²) < 4.78 is 1.87. The highest BCUT2D eigenvalue weighted by molar-refractivity contribution is 5.95. The van der Waals surface area contributed by atoms with Crippen molar-refractivity contribution in [1.82, 2.24) is 14.7 Å². The summed E-state index contributed by atoms with van der Waals surface area (Å²) in [6, 6.07) is 3.76. The van der Waals surface area contributed by atoms with E-state index in [1.807, 2.05) is 30.5 Å². The van der Waals surface area contributed by atoms with E-state index in [-0.39, 0.29) is 11.9 Å². The standard InChI is InChI=1S/C11H13N3O/c1-8(2)13-11(15)9-3-4-14-7-12-6-10(14)5-9/h3-8H,1-2H3,(H,13,15). The van der Waals surface area contributed by atoms with Gasteiger partial charge in [-0.25, -0.2) is 4.98 Å². The number of carbonyl (C=O) groups excluding carboxylic acids is 1. The number of hydrogen-bond donors (Lipinski definition) is 1. The van der Waals surface area contributed by atoms with Gasteiger partial charge in [0, 0.05) is 17.8 Å². The molecule has 2 heterocycles. The number of hydrogen-bond acceptors (Lipinski definition) is 2. The number of pyridine rings is 1. The fraction of sp³-hybridized carbons (Fsp3) is 0.273. The predicted molar refractivity (Wildman–Crippen MR) is 57.8 cm³/mol. The number of nitrogens with zero attached hydrogens (tertiary/aromatic N) is 2. The van der Waals surface area contributed by atoms with Crippen LogP contribution in [-0.4, -0.2) is 21.3 Å². The molecule has 0 aliphatic heterocycles. The summed E-state index contributed by atoms with van der Waals surface area (Å²) in [7, 11) is 0. The minimum Gasteiger partial charge on any atom is -0.350 e. The zero-order valence-corrected chi connectivity index (χ0v) is 8.77. The van der Waals surface area contributed by atoms with Crippen LogP contribution >= 0.6 is 0 Å². The minimum atomic E-state index is -0.0475. The molecule has 2 aromatic heterocycles. The topological polar surface area (TPSA) is 46.4 Å². The smallest absolute Gasteiger partial charge is 0.251 e. The van der Waals surface area contributed by atoms with E-state index in [0.29, 0.717) is 5.56 Å². The first-order chi connectivity index (χ1) is 7.16. The molecule has 0 bridgehead atoms. The number of nitrogens with one attached hydrogen (secondary N) is 1. The fourth-order valence-corrected chi connectivity index (χ4v) is 1.41. The molecule has 0 spiro atoms. The molecule has 0 unspecified atom stereocenters. The maximum absolute atomic E-state index is 11.7. The van der Waals surface area contributed by atoms with Crippen LogP contribution < -0.4 is 5.32 Å². The Morgan fingerprint density at radius 3 is 3.07 bits per heavy atom. The Morgan fingerprint density at radius 1 is 1.53 bits per heavy atom. The first-order valence-corrected chi connectivity index (χ1v) is 4.89. The third-order valence-corrected chi connectivity index (χ3v) is 2.10. The van der Waals surface area contributed by atoms with Gasteiger partial charge in [0.25, 0.3) is 5.91 Å². The van der Waals surface area contributed by atoms with Crippen LogP contribution in [0.2, 0.25) is 0 Å². The molecule has 4 nitrogen and oxygen atoms in total. The van der Waals surface area contributed by atoms with Crippen molar-refractivity contribution >= 4 is 11.4 Å². The summed E-state index contributed by atoms with van der Waals surface area (Å²) >= 11 is 0. The van der Waals surface area contributed by atoms with E-state index in [1.165, 1.54) is 0 Å². The van der Waals surface area contributed by atoms with Crippen molar-refractivity contribution in [1.29, 1.82) is 0 Å². The van der Waals surface area contributed by atoms with Crippen molar-refractivity contribution in [3.63, 3.8) is 0 Å². The number of carbonyl (C=O) groups is 1. The second-order valence-corrected chi connectivity index (χ2v) is 3.77. The lowest BCUT2D eigenvalue weighted by molar-refractivity contribution is 0.0943. The molecule has 1 N–H and O–H groups in total. The minimum absolute atomic E-state index is 0.0475. The molecule has 0 aliphatic rings. The van der Waals surface area contributed by atoms with Crippen LogP contribution in [0.15, 0.2) is 30.9 Å². The van der Waals surface area contributed by atoms with Gasteiger partial charge < -0.3 is 9.72 Å². The van der Waals surface area contributed by atoms with E-state index in [1.54, 1.807) is 18.6 Å². The zero-order valence-electron chi connectivity index (χ0n) is 8.77. The largest absolute Gasteiger partial charge is 0.350 e. The molecule has 1 amide bonds. The molecule has 4 heteroatoms. The first kappa shape index (κ1) is 9.71. The number of fused-ring (bicyclic) bond motifs is 1. The highest BCUT2D eigenvalue weighted by Crippen LogP contribution is 2.06. The summed E-state index contributed by atoms with van der Waals surface area (Å²) in [6.45, 7) is 3.88. The first-order valence-electron chi connectivity index (χ1n) is 4.89. The summed E-state index contributed by atoms with van der Waals surface area (Å²) in [5.74, 6) is -0.0475. The average Bonchev–Trinajstić information content (AvgIpc) is 2.62. The van der Waals surface area contributed by atoms with Gasteiger partial charge in [0.1, 0.15) is 0 Å². The molecule has 0 atom stereocenters. The van der Waals surface area contributed by atoms with Gasteiger partial charge in [-0.15, -0.1) is 0 Å². The predicted octanol–water partition coefficient (Wildman–Crippen LogP) is 1.47. The summed E-state index contributed by atoms with van der Waals surface area (Å²) in [4.78, 5) is 15.7. The quantitative estimate of drug-likeness (QED) is 0.803. The van der Waals surface area contributed by atoms with Gasteiger partial charge in [-0.2, -0.15) is 0 Å². The fourth-order valence-electron chi connectivity index (χ4n) is 1.41. The summed E-state index contributed by atoms with van der Waals surface area (Å²) in [6.07, 6.45) is 5.27. The highest BCUT2D eigenvalue weighted by Gasteiger charge is 2.07. The number of aromatic nitrogens is 2. The van der Waals surface area contributed by atoms with Crippen LogP contribution in [0.25, 0.3) is 5.52 Å². The maximum atomic E-state index is 11.7. The molecule has 0 aromatic carbocycles. The second-order valence-electron chi connectivity index (χ2n) is 3.77. The lowest BCUT2D eigenvalue weighted by atomic mass is 10.2. The Balaban J connectivity index is 2.31. The SMILES string of the molecule is CC(C)NC(=O)c1ccn2cncc2c1. The van der Waals surface area contributed by atoms with Crippen LogP contribution in [0.3, 0.4) is 0 Å². The van der Waals surface area contributed by atoms with Crippen LogP contribution in [0.1, 0.15) is 24.2 Å². The van der Waals surface area contributed by atoms with E-state index in [2.05, 4.69) is 10.3 Å². The molecule has 0 saturated carbocycles. The number of rotatable bonds is 2. The monoisotopic (exact) mass is 203 g/mol. The molecule has 78 valence electrons. The number of amides is 1. The van der Waals surface area contributed by atoms with Crippen LogP contribution in [0, 0.1) is 0 Å². The van der Waals surface area contributed by atoms with Crippen LogP contribution in [-0.2, 0) is 0 Å². The van der Waals surface area contributed by atoms with E-state index < -0.39 is 0 Å². The van der Waals surface area contributed by atoms with Gasteiger partial charge in [0.15, 0.2) is 0 Å². The van der Waals surface area contributed by atoms with Gasteiger partial charge in [0.2, 0.25) is 0 Å². The van der Waals surface area contributed by atoms with E-state index in [9.17, 15) is 4.79 Å². The Morgan fingerprint density at radius 2 is 2.33 bits per heavy atom. The second kappa shape index (κ2) is 3.73. The van der Waals surface area contributed by atoms with Crippen molar-refractivity contribution in [2.75, 3.05) is 0 Å². The van der Waals surface area contributed by atoms with Crippen molar-refractivity contribution < 1.29 is 4.79 Å². The molecule has 2 aromatic rings. The third kappa shape index (κ3) is 1.98. The molecular weight excluding hydrogens is 190 g/mol. The van der Waals surface area contributed by atoms with Crippen molar-refractivity contribution in [3.05, 3.63) is 36.4 Å². The van der Waals surface area contributed by atoms with E-state index in [4.69, 9.17) is 0 Å². The zero-order chi connectivity index (χ0) is 10.8. The van der Waals surface area contributed by atoms with Crippen molar-refractivity contribution in [2.24, 2.45) is 0 Å². The number of imidazole rings is 1. The van der Waals surface area contributed by atoms with Gasteiger partial charge in [-0.1, -0.05) is 0 Å². The molecule has 0 fully saturated rings. The molecule has 2 rings (SSSR count). The van der Waals surface area contributed by atoms with Gasteiger partial charge in [0.05, 0.1) is 18.0 Å². The molecule has 0 aliphatic carbocycles. The maximum Gasteiger partial charge on any atom is 0.251 e. The van der Waals surface area contributed by atoms with E-state index >= 15 is 0 Å². The molecule has 15 heavy (non-hydrogen) atoms. The lowest BCUT2D eigenvalue weighted by Crippen LogP contribution is -2.30. The average molecular weight is 203 g/mol. The van der Waals surface area contributed by atoms with Crippen LogP contribution in [0.5, 0.6) is 0 Å². The Bertz CT molecular complexity index is 487. The van der Waals surface area contributed by atoms with Gasteiger partial charge >= 0.3 is 0 Å². The van der Waals surface area contributed by atoms with Gasteiger partial charge in [-0.05, 0) is 26.0 Å². The van der Waals surface area contributed by atoms with Crippen molar-refractivity contribution in [3.8, 4) is 0 Å². The highest BCUT2D eigenvalue weighted by atomic mass is 16.1. The molecular formula is C11H13N3O. The third-order valence-electron chi connectivity index (χ3n) is 2.10. The summed E-state index contributed by atoms with van der Waals surface area (Å²) in [5.41, 5.74) is 1.59. The summed E-state index contributed by atoms with van der Waals surface area (Å²) in [5, 5.41) is 2.85. The Kier molecular flexibility index (Phi) is 2.41. The Labute approximate surface area is 87.9 Å².